The van der Waals surface area contributed by atoms with Gasteiger partial charge in [-0.25, -0.2) is 0 Å². The van der Waals surface area contributed by atoms with Crippen molar-refractivity contribution in [2.45, 2.75) is 30.7 Å². The van der Waals surface area contributed by atoms with E-state index in [2.05, 4.69) is 35.2 Å². The lowest BCUT2D eigenvalue weighted by atomic mass is 9.90. The smallest absolute Gasteiger partial charge is 0.251 e. The van der Waals surface area contributed by atoms with Crippen molar-refractivity contribution >= 4 is 11.8 Å². The van der Waals surface area contributed by atoms with Gasteiger partial charge >= 0.3 is 0 Å². The number of piperidine rings is 1. The standard InChI is InChI=1S/C20H26N2OS/c23-22-13-5-4-9-20(22)24-16-6-12-21-14-10-19(11-15-21)17-18-7-2-1-3-8-18/h1-5,7-9,13,19H,6,10-12,14-17H2. The third kappa shape index (κ3) is 5.25. The summed E-state index contributed by atoms with van der Waals surface area (Å²) in [6.45, 7) is 3.58. The van der Waals surface area contributed by atoms with E-state index < -0.39 is 0 Å². The molecule has 1 aliphatic heterocycles. The Morgan fingerprint density at radius 3 is 2.54 bits per heavy atom. The zero-order valence-corrected chi connectivity index (χ0v) is 15.0. The van der Waals surface area contributed by atoms with Crippen LogP contribution in [0.4, 0.5) is 0 Å². The summed E-state index contributed by atoms with van der Waals surface area (Å²) in [4.78, 5) is 2.58. The van der Waals surface area contributed by atoms with Crippen LogP contribution in [-0.4, -0.2) is 30.3 Å². The van der Waals surface area contributed by atoms with Gasteiger partial charge in [0.1, 0.15) is 0 Å². The molecule has 1 saturated heterocycles. The lowest BCUT2D eigenvalue weighted by Gasteiger charge is -2.32. The largest absolute Gasteiger partial charge is 0.618 e. The quantitative estimate of drug-likeness (QED) is 0.332. The molecule has 3 nitrogen and oxygen atoms in total. The van der Waals surface area contributed by atoms with Crippen molar-refractivity contribution in [1.82, 2.24) is 4.90 Å². The number of hydrogen-bond donors (Lipinski definition) is 0. The van der Waals surface area contributed by atoms with E-state index in [1.807, 2.05) is 12.1 Å². The van der Waals surface area contributed by atoms with E-state index in [1.165, 1.54) is 37.9 Å². The maximum Gasteiger partial charge on any atom is 0.251 e. The fourth-order valence-corrected chi connectivity index (χ4v) is 4.20. The van der Waals surface area contributed by atoms with Crippen molar-refractivity contribution in [1.29, 1.82) is 0 Å². The number of nitrogens with zero attached hydrogens (tertiary/aromatic N) is 2. The summed E-state index contributed by atoms with van der Waals surface area (Å²) >= 11 is 1.66. The fourth-order valence-electron chi connectivity index (χ4n) is 3.35. The number of pyridine rings is 1. The molecule has 0 spiro atoms. The maximum absolute atomic E-state index is 11.6. The molecule has 0 bridgehead atoms. The Balaban J connectivity index is 1.32. The Labute approximate surface area is 149 Å². The predicted molar refractivity (Wildman–Crippen MR) is 100 cm³/mol. The Bertz CT molecular complexity index is 612. The van der Waals surface area contributed by atoms with Crippen LogP contribution >= 0.6 is 11.8 Å². The maximum atomic E-state index is 11.6. The minimum absolute atomic E-state index is 0.805. The summed E-state index contributed by atoms with van der Waals surface area (Å²) in [6.07, 6.45) is 6.55. The van der Waals surface area contributed by atoms with E-state index in [4.69, 9.17) is 0 Å². The molecule has 128 valence electrons. The highest BCUT2D eigenvalue weighted by Gasteiger charge is 2.19. The summed E-state index contributed by atoms with van der Waals surface area (Å²) in [6, 6.07) is 16.5. The van der Waals surface area contributed by atoms with E-state index in [0.29, 0.717) is 0 Å². The fraction of sp³-hybridized carbons (Fsp3) is 0.450. The molecule has 24 heavy (non-hydrogen) atoms. The average molecular weight is 343 g/mol. The lowest BCUT2D eigenvalue weighted by molar-refractivity contribution is -0.645. The van der Waals surface area contributed by atoms with Crippen LogP contribution in [0.3, 0.4) is 0 Å². The molecule has 4 heteroatoms. The first kappa shape index (κ1) is 17.3. The van der Waals surface area contributed by atoms with Crippen LogP contribution in [0.25, 0.3) is 0 Å². The Morgan fingerprint density at radius 1 is 1.04 bits per heavy atom. The van der Waals surface area contributed by atoms with Gasteiger partial charge in [0.25, 0.3) is 5.03 Å². The molecule has 0 unspecified atom stereocenters. The number of rotatable bonds is 7. The first-order valence-corrected chi connectivity index (χ1v) is 9.87. The molecule has 0 atom stereocenters. The van der Waals surface area contributed by atoms with Crippen molar-refractivity contribution in [2.24, 2.45) is 5.92 Å². The van der Waals surface area contributed by atoms with Gasteiger partial charge in [-0.3, -0.25) is 0 Å². The zero-order chi connectivity index (χ0) is 16.6. The van der Waals surface area contributed by atoms with Crippen molar-refractivity contribution in [3.05, 3.63) is 65.5 Å². The van der Waals surface area contributed by atoms with Gasteiger partial charge < -0.3 is 10.1 Å². The second-order valence-electron chi connectivity index (χ2n) is 6.54. The highest BCUT2D eigenvalue weighted by atomic mass is 32.2. The molecule has 2 aromatic rings. The molecule has 2 heterocycles. The van der Waals surface area contributed by atoms with Crippen molar-refractivity contribution < 1.29 is 4.73 Å². The van der Waals surface area contributed by atoms with E-state index in [1.54, 1.807) is 24.0 Å². The molecule has 0 saturated carbocycles. The van der Waals surface area contributed by atoms with E-state index in [9.17, 15) is 5.21 Å². The molecule has 1 aromatic carbocycles. The summed E-state index contributed by atoms with van der Waals surface area (Å²) in [5.74, 6) is 1.85. The van der Waals surface area contributed by atoms with Gasteiger partial charge in [-0.15, -0.1) is 0 Å². The minimum Gasteiger partial charge on any atom is -0.618 e. The minimum atomic E-state index is 0.805. The number of benzene rings is 1. The van der Waals surface area contributed by atoms with Crippen LogP contribution < -0.4 is 4.73 Å². The van der Waals surface area contributed by atoms with Crippen LogP contribution in [0.5, 0.6) is 0 Å². The van der Waals surface area contributed by atoms with Gasteiger partial charge in [0, 0.05) is 17.9 Å². The van der Waals surface area contributed by atoms with Gasteiger partial charge in [0.05, 0.1) is 0 Å². The van der Waals surface area contributed by atoms with Crippen molar-refractivity contribution in [3.63, 3.8) is 0 Å². The summed E-state index contributed by atoms with van der Waals surface area (Å²) in [5.41, 5.74) is 1.47. The Hall–Kier alpha value is -1.52. The molecule has 3 rings (SSSR count). The monoisotopic (exact) mass is 342 g/mol. The molecule has 1 aromatic heterocycles. The van der Waals surface area contributed by atoms with Gasteiger partial charge in [0.2, 0.25) is 0 Å². The van der Waals surface area contributed by atoms with Gasteiger partial charge in [-0.1, -0.05) is 42.1 Å². The van der Waals surface area contributed by atoms with E-state index in [-0.39, 0.29) is 0 Å². The first-order valence-electron chi connectivity index (χ1n) is 8.88. The lowest BCUT2D eigenvalue weighted by Crippen LogP contribution is -2.35. The summed E-state index contributed by atoms with van der Waals surface area (Å²) < 4.78 is 0.958. The topological polar surface area (TPSA) is 30.2 Å². The van der Waals surface area contributed by atoms with Gasteiger partial charge in [-0.05, 0) is 62.9 Å². The van der Waals surface area contributed by atoms with Gasteiger partial charge in [-0.2, -0.15) is 4.73 Å². The highest BCUT2D eigenvalue weighted by Crippen LogP contribution is 2.22. The third-order valence-corrected chi connectivity index (χ3v) is 5.84. The highest BCUT2D eigenvalue weighted by molar-refractivity contribution is 7.99. The van der Waals surface area contributed by atoms with E-state index >= 15 is 0 Å². The number of aromatic nitrogens is 1. The van der Waals surface area contributed by atoms with E-state index in [0.717, 1.165) is 34.4 Å². The van der Waals surface area contributed by atoms with Crippen LogP contribution in [-0.2, 0) is 6.42 Å². The molecule has 0 amide bonds. The molecular formula is C20H26N2OS. The summed E-state index contributed by atoms with van der Waals surface area (Å²) in [5, 5.41) is 12.4. The first-order chi connectivity index (χ1) is 11.8. The number of likely N-dealkylation sites (tertiary alicyclic amines) is 1. The Morgan fingerprint density at radius 2 is 1.79 bits per heavy atom. The van der Waals surface area contributed by atoms with Crippen LogP contribution in [0, 0.1) is 11.1 Å². The normalized spacial score (nSPS) is 16.3. The van der Waals surface area contributed by atoms with Crippen LogP contribution in [0.15, 0.2) is 59.8 Å². The van der Waals surface area contributed by atoms with Crippen LogP contribution in [0.2, 0.25) is 0 Å². The second kappa shape index (κ2) is 9.09. The zero-order valence-electron chi connectivity index (χ0n) is 14.1. The second-order valence-corrected chi connectivity index (χ2v) is 7.66. The molecule has 0 N–H and O–H groups in total. The number of thioether (sulfide) groups is 1. The third-order valence-electron chi connectivity index (χ3n) is 4.73. The molecule has 0 aliphatic carbocycles. The van der Waals surface area contributed by atoms with Crippen LogP contribution in [0.1, 0.15) is 24.8 Å². The SMILES string of the molecule is [O-][n+]1ccccc1SCCCN1CCC(Cc2ccccc2)CC1. The van der Waals surface area contributed by atoms with Gasteiger partial charge in [0.15, 0.2) is 6.20 Å². The summed E-state index contributed by atoms with van der Waals surface area (Å²) in [7, 11) is 0. The van der Waals surface area contributed by atoms with Crippen molar-refractivity contribution in [3.8, 4) is 0 Å². The Kier molecular flexibility index (Phi) is 6.56. The molecule has 1 aliphatic rings. The average Bonchev–Trinajstić information content (AvgIpc) is 2.62. The molecule has 0 radical (unpaired) electrons. The molecular weight excluding hydrogens is 316 g/mol. The number of hydrogen-bond acceptors (Lipinski definition) is 3. The molecule has 1 fully saturated rings. The predicted octanol–water partition coefficient (Wildman–Crippen LogP) is 3.76. The van der Waals surface area contributed by atoms with Crippen molar-refractivity contribution in [2.75, 3.05) is 25.4 Å².